The third-order valence-electron chi connectivity index (χ3n) is 5.25. The number of thioether (sulfide) groups is 1. The third-order valence-corrected chi connectivity index (χ3v) is 8.48. The van der Waals surface area contributed by atoms with Crippen LogP contribution >= 0.6 is 23.4 Å². The van der Waals surface area contributed by atoms with E-state index in [1.54, 1.807) is 37.3 Å². The Hall–Kier alpha value is -3.01. The Morgan fingerprint density at radius 2 is 1.86 bits per heavy atom. The second-order valence-electron chi connectivity index (χ2n) is 7.90. The molecule has 10 heteroatoms. The molecule has 4 rings (SSSR count). The van der Waals surface area contributed by atoms with Crippen LogP contribution in [0.4, 0.5) is 5.69 Å². The zero-order valence-corrected chi connectivity index (χ0v) is 21.3. The first-order valence-electron chi connectivity index (χ1n) is 10.8. The highest BCUT2D eigenvalue weighted by atomic mass is 35.5. The number of nitrogens with one attached hydrogen (secondary N) is 1. The number of ether oxygens (including phenoxy) is 1. The number of benzene rings is 3. The number of halogens is 1. The second kappa shape index (κ2) is 11.2. The summed E-state index contributed by atoms with van der Waals surface area (Å²) in [5.41, 5.74) is 4.16. The van der Waals surface area contributed by atoms with E-state index in [1.807, 2.05) is 36.0 Å². The minimum Gasteiger partial charge on any atom is -0.489 e. The average molecular weight is 530 g/mol. The molecule has 0 radical (unpaired) electrons. The van der Waals surface area contributed by atoms with Crippen LogP contribution in [0, 0.1) is 6.92 Å². The Bertz CT molecular complexity index is 1310. The van der Waals surface area contributed by atoms with Crippen LogP contribution in [0.25, 0.3) is 0 Å². The molecule has 35 heavy (non-hydrogen) atoms. The summed E-state index contributed by atoms with van der Waals surface area (Å²) in [6.45, 7) is 1.29. The number of carbonyl (C=O) groups is 1. The van der Waals surface area contributed by atoms with Crippen molar-refractivity contribution < 1.29 is 17.9 Å². The fourth-order valence-corrected chi connectivity index (χ4v) is 5.55. The lowest BCUT2D eigenvalue weighted by molar-refractivity contribution is -0.119. The van der Waals surface area contributed by atoms with Crippen molar-refractivity contribution in [2.75, 3.05) is 22.4 Å². The molecule has 1 N–H and O–H groups in total. The maximum Gasteiger partial charge on any atom is 0.264 e. The van der Waals surface area contributed by atoms with Crippen molar-refractivity contribution in [3.63, 3.8) is 0 Å². The quantitative estimate of drug-likeness (QED) is 0.326. The topological polar surface area (TPSA) is 88.1 Å². The van der Waals surface area contributed by atoms with Crippen molar-refractivity contribution in [2.24, 2.45) is 5.10 Å². The van der Waals surface area contributed by atoms with Crippen molar-refractivity contribution in [1.29, 1.82) is 0 Å². The summed E-state index contributed by atoms with van der Waals surface area (Å²) in [5.74, 6) is 2.19. The Kier molecular flexibility index (Phi) is 8.00. The van der Waals surface area contributed by atoms with Gasteiger partial charge in [0.1, 0.15) is 18.4 Å². The van der Waals surface area contributed by atoms with Gasteiger partial charge in [-0.2, -0.15) is 16.9 Å². The van der Waals surface area contributed by atoms with Crippen LogP contribution in [-0.2, 0) is 14.8 Å². The molecule has 0 bridgehead atoms. The summed E-state index contributed by atoms with van der Waals surface area (Å²) < 4.78 is 33.7. The van der Waals surface area contributed by atoms with Gasteiger partial charge in [0, 0.05) is 16.5 Å². The average Bonchev–Trinajstić information content (AvgIpc) is 2.83. The van der Waals surface area contributed by atoms with Crippen LogP contribution in [0.15, 0.2) is 82.8 Å². The summed E-state index contributed by atoms with van der Waals surface area (Å²) in [7, 11) is -4.03. The Morgan fingerprint density at radius 3 is 2.51 bits per heavy atom. The standard InChI is InChI=1S/C25H24ClN3O4S2/c1-18-7-10-20(26)13-24(18)29(35(31,32)23-5-3-2-4-6-23)15-25(30)28-27-14-19-8-11-21(12-9-19)33-22-16-34-17-22/h2-14,22H,15-17H2,1H3,(H,28,30)/b27-14-. The van der Waals surface area contributed by atoms with E-state index in [4.69, 9.17) is 16.3 Å². The lowest BCUT2D eigenvalue weighted by Crippen LogP contribution is -2.40. The number of nitrogens with zero attached hydrogens (tertiary/aromatic N) is 2. The van der Waals surface area contributed by atoms with Crippen LogP contribution in [0.2, 0.25) is 5.02 Å². The number of rotatable bonds is 9. The highest BCUT2D eigenvalue weighted by Gasteiger charge is 2.28. The smallest absolute Gasteiger partial charge is 0.264 e. The van der Waals surface area contributed by atoms with Crippen molar-refractivity contribution in [3.8, 4) is 5.75 Å². The van der Waals surface area contributed by atoms with Crippen molar-refractivity contribution in [3.05, 3.63) is 88.9 Å². The largest absolute Gasteiger partial charge is 0.489 e. The molecule has 1 aliphatic rings. The van der Waals surface area contributed by atoms with Gasteiger partial charge in [-0.05, 0) is 66.6 Å². The Morgan fingerprint density at radius 1 is 1.14 bits per heavy atom. The summed E-state index contributed by atoms with van der Waals surface area (Å²) in [4.78, 5) is 12.8. The van der Waals surface area contributed by atoms with E-state index < -0.39 is 22.5 Å². The van der Waals surface area contributed by atoms with E-state index >= 15 is 0 Å². The van der Waals surface area contributed by atoms with Gasteiger partial charge in [-0.15, -0.1) is 0 Å². The third kappa shape index (κ3) is 6.36. The van der Waals surface area contributed by atoms with E-state index in [0.717, 1.165) is 27.1 Å². The van der Waals surface area contributed by atoms with Crippen LogP contribution in [0.5, 0.6) is 5.75 Å². The zero-order valence-electron chi connectivity index (χ0n) is 18.9. The Balaban J connectivity index is 1.47. The molecule has 0 aromatic heterocycles. The monoisotopic (exact) mass is 529 g/mol. The van der Waals surface area contributed by atoms with Gasteiger partial charge in [-0.25, -0.2) is 13.8 Å². The molecule has 1 aliphatic heterocycles. The predicted molar refractivity (Wildman–Crippen MR) is 141 cm³/mol. The van der Waals surface area contributed by atoms with Gasteiger partial charge >= 0.3 is 0 Å². The van der Waals surface area contributed by atoms with Gasteiger partial charge in [0.05, 0.1) is 16.8 Å². The van der Waals surface area contributed by atoms with Crippen LogP contribution < -0.4 is 14.5 Å². The molecule has 182 valence electrons. The van der Waals surface area contributed by atoms with Crippen LogP contribution in [-0.4, -0.2) is 44.7 Å². The number of anilines is 1. The summed E-state index contributed by atoms with van der Waals surface area (Å²) in [6, 6.07) is 20.2. The first-order valence-corrected chi connectivity index (χ1v) is 13.8. The second-order valence-corrected chi connectivity index (χ2v) is 11.3. The molecule has 1 heterocycles. The molecule has 0 unspecified atom stereocenters. The molecule has 1 amide bonds. The SMILES string of the molecule is Cc1ccc(Cl)cc1N(CC(=O)N/N=C\c1ccc(OC2CSC2)cc1)S(=O)(=O)c1ccccc1. The van der Waals surface area contributed by atoms with Crippen LogP contribution in [0.1, 0.15) is 11.1 Å². The van der Waals surface area contributed by atoms with E-state index in [2.05, 4.69) is 10.5 Å². The van der Waals surface area contributed by atoms with Crippen molar-refractivity contribution in [2.45, 2.75) is 17.9 Å². The molecule has 0 atom stereocenters. The highest BCUT2D eigenvalue weighted by molar-refractivity contribution is 8.00. The lowest BCUT2D eigenvalue weighted by Gasteiger charge is -2.25. The minimum absolute atomic E-state index is 0.0680. The minimum atomic E-state index is -4.03. The van der Waals surface area contributed by atoms with Crippen molar-refractivity contribution in [1.82, 2.24) is 5.43 Å². The number of carbonyl (C=O) groups excluding carboxylic acids is 1. The van der Waals surface area contributed by atoms with Gasteiger partial charge in [0.15, 0.2) is 0 Å². The predicted octanol–water partition coefficient (Wildman–Crippen LogP) is 4.49. The van der Waals surface area contributed by atoms with E-state index in [-0.39, 0.29) is 11.0 Å². The molecule has 0 spiro atoms. The molecule has 3 aromatic carbocycles. The van der Waals surface area contributed by atoms with Gasteiger partial charge in [0.2, 0.25) is 0 Å². The number of hydrazone groups is 1. The zero-order chi connectivity index (χ0) is 24.8. The first kappa shape index (κ1) is 25.1. The van der Waals surface area contributed by atoms with Gasteiger partial charge in [-0.1, -0.05) is 35.9 Å². The molecule has 1 saturated heterocycles. The Labute approximate surface area is 214 Å². The molecule has 0 aliphatic carbocycles. The maximum absolute atomic E-state index is 13.4. The molecule has 0 saturated carbocycles. The number of amides is 1. The first-order chi connectivity index (χ1) is 16.8. The molecular weight excluding hydrogens is 506 g/mol. The summed E-state index contributed by atoms with van der Waals surface area (Å²) in [5, 5.41) is 4.35. The molecule has 1 fully saturated rings. The number of hydrogen-bond acceptors (Lipinski definition) is 6. The number of hydrogen-bond donors (Lipinski definition) is 1. The molecular formula is C25H24ClN3O4S2. The normalized spacial score (nSPS) is 13.9. The number of sulfonamides is 1. The van der Waals surface area contributed by atoms with E-state index in [9.17, 15) is 13.2 Å². The summed E-state index contributed by atoms with van der Waals surface area (Å²) >= 11 is 7.99. The van der Waals surface area contributed by atoms with E-state index in [1.165, 1.54) is 24.4 Å². The fourth-order valence-electron chi connectivity index (χ4n) is 3.32. The molecule has 7 nitrogen and oxygen atoms in total. The van der Waals surface area contributed by atoms with Gasteiger partial charge in [0.25, 0.3) is 15.9 Å². The highest BCUT2D eigenvalue weighted by Crippen LogP contribution is 2.29. The van der Waals surface area contributed by atoms with Crippen molar-refractivity contribution >= 4 is 51.2 Å². The van der Waals surface area contributed by atoms with Gasteiger partial charge < -0.3 is 4.74 Å². The number of aryl methyl sites for hydroxylation is 1. The van der Waals surface area contributed by atoms with Gasteiger partial charge in [-0.3, -0.25) is 9.10 Å². The molecule has 3 aromatic rings. The maximum atomic E-state index is 13.4. The summed E-state index contributed by atoms with van der Waals surface area (Å²) in [6.07, 6.45) is 1.75. The fraction of sp³-hybridized carbons (Fsp3) is 0.200. The lowest BCUT2D eigenvalue weighted by atomic mass is 10.2. The van der Waals surface area contributed by atoms with Crippen LogP contribution in [0.3, 0.4) is 0 Å². The van der Waals surface area contributed by atoms with E-state index in [0.29, 0.717) is 16.3 Å².